The van der Waals surface area contributed by atoms with E-state index in [-0.39, 0.29) is 18.3 Å². The maximum atomic E-state index is 11.9. The second-order valence-corrected chi connectivity index (χ2v) is 4.58. The van der Waals surface area contributed by atoms with Crippen LogP contribution in [0, 0.1) is 0 Å². The van der Waals surface area contributed by atoms with E-state index in [0.29, 0.717) is 16.3 Å². The van der Waals surface area contributed by atoms with Crippen LogP contribution in [0.1, 0.15) is 9.67 Å². The molecule has 4 N–H and O–H groups in total. The predicted molar refractivity (Wildman–Crippen MR) is 75.4 cm³/mol. The van der Waals surface area contributed by atoms with Gasteiger partial charge in [0, 0.05) is 0 Å². The zero-order valence-electron chi connectivity index (χ0n) is 10.3. The Morgan fingerprint density at radius 1 is 1.50 bits per heavy atom. The first-order valence-electron chi connectivity index (χ1n) is 5.59. The number of aromatic nitrogens is 1. The number of anilines is 1. The van der Waals surface area contributed by atoms with Crippen molar-refractivity contribution in [1.29, 1.82) is 0 Å². The van der Waals surface area contributed by atoms with Crippen molar-refractivity contribution in [2.24, 2.45) is 10.9 Å². The number of carbonyl (C=O) groups excluding carboxylic acids is 1. The monoisotopic (exact) mass is 292 g/mol. The summed E-state index contributed by atoms with van der Waals surface area (Å²) < 4.78 is 5.37. The fourth-order valence-electron chi connectivity index (χ4n) is 1.39. The van der Waals surface area contributed by atoms with Crippen LogP contribution in [0.25, 0.3) is 0 Å². The highest BCUT2D eigenvalue weighted by Gasteiger charge is 2.11. The summed E-state index contributed by atoms with van der Waals surface area (Å²) in [6.07, 6.45) is 1.49. The van der Waals surface area contributed by atoms with Crippen LogP contribution in [0.4, 0.5) is 5.69 Å². The van der Waals surface area contributed by atoms with Gasteiger partial charge in [0.25, 0.3) is 5.91 Å². The molecular weight excluding hydrogens is 280 g/mol. The first-order chi connectivity index (χ1) is 9.70. The number of amidine groups is 1. The molecule has 0 unspecified atom stereocenters. The molecule has 0 saturated carbocycles. The SMILES string of the molecule is N/C(COc1ccccc1NC(=O)c1cncs1)=N/O. The fraction of sp³-hybridized carbons (Fsp3) is 0.0833. The summed E-state index contributed by atoms with van der Waals surface area (Å²) in [7, 11) is 0. The molecule has 0 atom stereocenters. The second kappa shape index (κ2) is 6.53. The summed E-state index contributed by atoms with van der Waals surface area (Å²) in [5.41, 5.74) is 7.41. The Morgan fingerprint density at radius 3 is 3.00 bits per heavy atom. The number of amides is 1. The Balaban J connectivity index is 2.09. The number of nitrogens with one attached hydrogen (secondary N) is 1. The molecule has 0 fully saturated rings. The van der Waals surface area contributed by atoms with Crippen LogP contribution in [0.5, 0.6) is 5.75 Å². The minimum absolute atomic E-state index is 0.0615. The molecule has 0 aliphatic carbocycles. The maximum Gasteiger partial charge on any atom is 0.267 e. The third-order valence-electron chi connectivity index (χ3n) is 2.30. The summed E-state index contributed by atoms with van der Waals surface area (Å²) in [5, 5.41) is 14.0. The van der Waals surface area contributed by atoms with E-state index in [0.717, 1.165) is 0 Å². The Hall–Kier alpha value is -2.61. The van der Waals surface area contributed by atoms with E-state index in [1.54, 1.807) is 29.8 Å². The van der Waals surface area contributed by atoms with Crippen molar-refractivity contribution in [3.8, 4) is 5.75 Å². The number of nitrogens with zero attached hydrogens (tertiary/aromatic N) is 2. The molecule has 1 aromatic heterocycles. The van der Waals surface area contributed by atoms with Crippen molar-refractivity contribution in [3.05, 3.63) is 40.8 Å². The quantitative estimate of drug-likeness (QED) is 0.335. The number of nitrogens with two attached hydrogens (primary N) is 1. The molecule has 2 aromatic rings. The van der Waals surface area contributed by atoms with E-state index in [9.17, 15) is 4.79 Å². The molecule has 0 bridgehead atoms. The molecule has 1 aromatic carbocycles. The van der Waals surface area contributed by atoms with Gasteiger partial charge in [-0.15, -0.1) is 11.3 Å². The van der Waals surface area contributed by atoms with Crippen LogP contribution < -0.4 is 15.8 Å². The Labute approximate surface area is 118 Å². The molecule has 0 saturated heterocycles. The lowest BCUT2D eigenvalue weighted by Gasteiger charge is -2.11. The third-order valence-corrected chi connectivity index (χ3v) is 3.07. The van der Waals surface area contributed by atoms with E-state index in [2.05, 4.69) is 15.5 Å². The minimum atomic E-state index is -0.271. The van der Waals surface area contributed by atoms with E-state index < -0.39 is 0 Å². The van der Waals surface area contributed by atoms with Crippen molar-refractivity contribution < 1.29 is 14.7 Å². The topological polar surface area (TPSA) is 110 Å². The molecule has 20 heavy (non-hydrogen) atoms. The van der Waals surface area contributed by atoms with Gasteiger partial charge in [0.1, 0.15) is 17.2 Å². The number of carbonyl (C=O) groups is 1. The van der Waals surface area contributed by atoms with Crippen molar-refractivity contribution in [3.63, 3.8) is 0 Å². The second-order valence-electron chi connectivity index (χ2n) is 3.70. The minimum Gasteiger partial charge on any atom is -0.483 e. The molecule has 1 amide bonds. The standard InChI is InChI=1S/C12H12N4O3S/c13-11(16-18)6-19-9-4-2-1-3-8(9)15-12(17)10-5-14-7-20-10/h1-5,7,18H,6H2,(H2,13,16)(H,15,17). The van der Waals surface area contributed by atoms with E-state index in [1.165, 1.54) is 17.5 Å². The van der Waals surface area contributed by atoms with Gasteiger partial charge in [-0.3, -0.25) is 9.78 Å². The lowest BCUT2D eigenvalue weighted by Crippen LogP contribution is -2.21. The van der Waals surface area contributed by atoms with Crippen LogP contribution in [-0.2, 0) is 0 Å². The van der Waals surface area contributed by atoms with Gasteiger partial charge in [0.05, 0.1) is 17.4 Å². The van der Waals surface area contributed by atoms with Crippen molar-refractivity contribution >= 4 is 28.8 Å². The first-order valence-corrected chi connectivity index (χ1v) is 6.46. The van der Waals surface area contributed by atoms with Crippen LogP contribution in [0.2, 0.25) is 0 Å². The van der Waals surface area contributed by atoms with Gasteiger partial charge in [-0.2, -0.15) is 0 Å². The lowest BCUT2D eigenvalue weighted by molar-refractivity contribution is 0.103. The maximum absolute atomic E-state index is 11.9. The van der Waals surface area contributed by atoms with Gasteiger partial charge in [0.15, 0.2) is 5.84 Å². The van der Waals surface area contributed by atoms with E-state index >= 15 is 0 Å². The zero-order chi connectivity index (χ0) is 14.4. The molecule has 8 heteroatoms. The normalized spacial score (nSPS) is 11.1. The molecule has 0 aliphatic heterocycles. The van der Waals surface area contributed by atoms with Gasteiger partial charge >= 0.3 is 0 Å². The molecule has 2 rings (SSSR count). The Morgan fingerprint density at radius 2 is 2.30 bits per heavy atom. The van der Waals surface area contributed by atoms with Gasteiger partial charge in [0.2, 0.25) is 0 Å². The molecule has 0 spiro atoms. The first kappa shape index (κ1) is 13.8. The third kappa shape index (κ3) is 3.45. The van der Waals surface area contributed by atoms with E-state index in [4.69, 9.17) is 15.7 Å². The van der Waals surface area contributed by atoms with Crippen molar-refractivity contribution in [2.75, 3.05) is 11.9 Å². The summed E-state index contributed by atoms with van der Waals surface area (Å²) in [4.78, 5) is 16.3. The van der Waals surface area contributed by atoms with Crippen molar-refractivity contribution in [2.45, 2.75) is 0 Å². The summed E-state index contributed by atoms with van der Waals surface area (Å²) >= 11 is 1.24. The van der Waals surface area contributed by atoms with E-state index in [1.807, 2.05) is 0 Å². The van der Waals surface area contributed by atoms with Crippen LogP contribution >= 0.6 is 11.3 Å². The number of benzene rings is 1. The summed E-state index contributed by atoms with van der Waals surface area (Å²) in [6.45, 7) is -0.0794. The van der Waals surface area contributed by atoms with Crippen LogP contribution in [0.15, 0.2) is 41.1 Å². The number of thiazole rings is 1. The summed E-state index contributed by atoms with van der Waals surface area (Å²) in [6, 6.07) is 6.89. The molecule has 0 aliphatic rings. The van der Waals surface area contributed by atoms with Gasteiger partial charge < -0.3 is 21.0 Å². The molecule has 0 radical (unpaired) electrons. The van der Waals surface area contributed by atoms with Gasteiger partial charge in [-0.1, -0.05) is 17.3 Å². The Bertz CT molecular complexity index is 613. The molecule has 104 valence electrons. The average Bonchev–Trinajstić information content (AvgIpc) is 3.00. The number of hydrogen-bond donors (Lipinski definition) is 3. The lowest BCUT2D eigenvalue weighted by atomic mass is 10.3. The molecular formula is C12H12N4O3S. The largest absolute Gasteiger partial charge is 0.483 e. The average molecular weight is 292 g/mol. The number of ether oxygens (including phenoxy) is 1. The predicted octanol–water partition coefficient (Wildman–Crippen LogP) is 1.52. The van der Waals surface area contributed by atoms with Crippen LogP contribution in [-0.4, -0.2) is 28.5 Å². The highest BCUT2D eigenvalue weighted by atomic mass is 32.1. The zero-order valence-corrected chi connectivity index (χ0v) is 11.1. The molecule has 1 heterocycles. The number of oxime groups is 1. The number of rotatable bonds is 5. The summed E-state index contributed by atoms with van der Waals surface area (Å²) in [5.74, 6) is 0.0953. The number of para-hydroxylation sites is 2. The smallest absolute Gasteiger partial charge is 0.267 e. The van der Waals surface area contributed by atoms with Gasteiger partial charge in [-0.05, 0) is 12.1 Å². The van der Waals surface area contributed by atoms with Gasteiger partial charge in [-0.25, -0.2) is 0 Å². The van der Waals surface area contributed by atoms with Crippen LogP contribution in [0.3, 0.4) is 0 Å². The Kier molecular flexibility index (Phi) is 4.51. The number of hydrogen-bond acceptors (Lipinski definition) is 6. The van der Waals surface area contributed by atoms with Crippen molar-refractivity contribution in [1.82, 2.24) is 4.98 Å². The molecule has 7 nitrogen and oxygen atoms in total. The highest BCUT2D eigenvalue weighted by Crippen LogP contribution is 2.24. The highest BCUT2D eigenvalue weighted by molar-refractivity contribution is 7.11. The fourth-order valence-corrected chi connectivity index (χ4v) is 1.90.